The third-order valence-electron chi connectivity index (χ3n) is 6.39. The maximum atomic E-state index is 13.0. The number of aromatic nitrogens is 2. The van der Waals surface area contributed by atoms with Crippen LogP contribution in [0.25, 0.3) is 0 Å². The molecule has 0 bridgehead atoms. The standard InChI is InChI=1S/C24H28N4O3S/c1-30-19-6-4-18(5-7-19)15-26-22(29)21-17-28-13-10-25-23(28)24(31-21)8-11-27(12-9-24)16-20-3-2-14-32-20/h2-7,10,13-14,21H,8-9,11-12,15-17H2,1H3,(H,26,29). The van der Waals surface area contributed by atoms with Crippen LogP contribution in [0.1, 0.15) is 29.1 Å². The summed E-state index contributed by atoms with van der Waals surface area (Å²) >= 11 is 1.79. The minimum absolute atomic E-state index is 0.0828. The second kappa shape index (κ2) is 9.05. The minimum atomic E-state index is -0.529. The monoisotopic (exact) mass is 452 g/mol. The molecule has 1 unspecified atom stereocenters. The average molecular weight is 453 g/mol. The average Bonchev–Trinajstić information content (AvgIpc) is 3.52. The molecule has 3 aromatic rings. The number of amides is 1. The van der Waals surface area contributed by atoms with E-state index in [1.165, 1.54) is 4.88 Å². The van der Waals surface area contributed by atoms with Crippen molar-refractivity contribution in [3.8, 4) is 5.75 Å². The van der Waals surface area contributed by atoms with Crippen molar-refractivity contribution in [3.05, 3.63) is 70.4 Å². The number of carbonyl (C=O) groups is 1. The molecule has 8 heteroatoms. The van der Waals surface area contributed by atoms with E-state index in [2.05, 4.69) is 37.3 Å². The molecule has 1 fully saturated rings. The van der Waals surface area contributed by atoms with Gasteiger partial charge < -0.3 is 19.4 Å². The lowest BCUT2D eigenvalue weighted by atomic mass is 9.88. The van der Waals surface area contributed by atoms with E-state index >= 15 is 0 Å². The second-order valence-corrected chi connectivity index (χ2v) is 9.46. The summed E-state index contributed by atoms with van der Waals surface area (Å²) in [5, 5.41) is 5.16. The summed E-state index contributed by atoms with van der Waals surface area (Å²) in [4.78, 5) is 21.5. The first-order valence-corrected chi connectivity index (χ1v) is 11.9. The van der Waals surface area contributed by atoms with Gasteiger partial charge >= 0.3 is 0 Å². The minimum Gasteiger partial charge on any atom is -0.497 e. The van der Waals surface area contributed by atoms with Gasteiger partial charge in [0.1, 0.15) is 17.2 Å². The van der Waals surface area contributed by atoms with Gasteiger partial charge in [-0.25, -0.2) is 4.98 Å². The summed E-state index contributed by atoms with van der Waals surface area (Å²) < 4.78 is 13.8. The number of nitrogens with one attached hydrogen (secondary N) is 1. The first-order chi connectivity index (χ1) is 15.6. The van der Waals surface area contributed by atoms with Crippen LogP contribution in [0.4, 0.5) is 0 Å². The number of rotatable bonds is 6. The summed E-state index contributed by atoms with van der Waals surface area (Å²) in [6.45, 7) is 3.76. The van der Waals surface area contributed by atoms with Crippen LogP contribution in [-0.2, 0) is 34.8 Å². The van der Waals surface area contributed by atoms with Crippen LogP contribution in [0.5, 0.6) is 5.75 Å². The Labute approximate surface area is 192 Å². The molecule has 2 aliphatic rings. The van der Waals surface area contributed by atoms with Gasteiger partial charge in [0.2, 0.25) is 0 Å². The van der Waals surface area contributed by atoms with Gasteiger partial charge in [0.15, 0.2) is 6.10 Å². The van der Waals surface area contributed by atoms with Gasteiger partial charge in [0, 0.05) is 43.4 Å². The van der Waals surface area contributed by atoms with Gasteiger partial charge in [-0.1, -0.05) is 18.2 Å². The number of carbonyl (C=O) groups excluding carboxylic acids is 1. The van der Waals surface area contributed by atoms with Crippen molar-refractivity contribution in [1.29, 1.82) is 0 Å². The Morgan fingerprint density at radius 1 is 1.28 bits per heavy atom. The molecule has 4 heterocycles. The van der Waals surface area contributed by atoms with Crippen molar-refractivity contribution in [2.45, 2.75) is 44.2 Å². The zero-order valence-corrected chi connectivity index (χ0v) is 19.0. The van der Waals surface area contributed by atoms with Gasteiger partial charge in [-0.05, 0) is 42.0 Å². The van der Waals surface area contributed by atoms with E-state index in [1.54, 1.807) is 18.4 Å². The summed E-state index contributed by atoms with van der Waals surface area (Å²) in [6.07, 6.45) is 4.91. The molecule has 1 spiro atoms. The van der Waals surface area contributed by atoms with Crippen molar-refractivity contribution in [3.63, 3.8) is 0 Å². The molecule has 32 heavy (non-hydrogen) atoms. The lowest BCUT2D eigenvalue weighted by Gasteiger charge is -2.45. The van der Waals surface area contributed by atoms with Gasteiger partial charge in [-0.15, -0.1) is 11.3 Å². The Balaban J connectivity index is 1.24. The molecule has 7 nitrogen and oxygen atoms in total. The topological polar surface area (TPSA) is 68.6 Å². The summed E-state index contributed by atoms with van der Waals surface area (Å²) in [7, 11) is 1.64. The molecule has 1 amide bonds. The molecule has 0 radical (unpaired) electrons. The van der Waals surface area contributed by atoms with Crippen LogP contribution in [0.2, 0.25) is 0 Å². The van der Waals surface area contributed by atoms with Crippen LogP contribution in [0.3, 0.4) is 0 Å². The van der Waals surface area contributed by atoms with Gasteiger partial charge in [0.05, 0.1) is 13.7 Å². The predicted octanol–water partition coefficient (Wildman–Crippen LogP) is 3.16. The Hall–Kier alpha value is -2.68. The smallest absolute Gasteiger partial charge is 0.251 e. The highest BCUT2D eigenvalue weighted by atomic mass is 32.1. The fourth-order valence-electron chi connectivity index (χ4n) is 4.62. The Morgan fingerprint density at radius 3 is 2.81 bits per heavy atom. The van der Waals surface area contributed by atoms with E-state index in [9.17, 15) is 4.79 Å². The van der Waals surface area contributed by atoms with Crippen molar-refractivity contribution >= 4 is 17.2 Å². The van der Waals surface area contributed by atoms with Crippen molar-refractivity contribution in [1.82, 2.24) is 19.8 Å². The molecule has 2 aromatic heterocycles. The highest BCUT2D eigenvalue weighted by Gasteiger charge is 2.47. The first kappa shape index (κ1) is 21.2. The van der Waals surface area contributed by atoms with E-state index in [-0.39, 0.29) is 5.91 Å². The van der Waals surface area contributed by atoms with E-state index in [4.69, 9.17) is 9.47 Å². The number of fused-ring (bicyclic) bond motifs is 2. The van der Waals surface area contributed by atoms with Crippen molar-refractivity contribution in [2.75, 3.05) is 20.2 Å². The Kier molecular flexibility index (Phi) is 5.99. The van der Waals surface area contributed by atoms with Crippen LogP contribution in [-0.4, -0.2) is 46.7 Å². The quantitative estimate of drug-likeness (QED) is 0.622. The van der Waals surface area contributed by atoms with Crippen LogP contribution >= 0.6 is 11.3 Å². The normalized spacial score (nSPS) is 20.1. The largest absolute Gasteiger partial charge is 0.497 e. The number of likely N-dealkylation sites (tertiary alicyclic amines) is 1. The molecular weight excluding hydrogens is 424 g/mol. The number of nitrogens with zero attached hydrogens (tertiary/aromatic N) is 3. The lowest BCUT2D eigenvalue weighted by Crippen LogP contribution is -2.53. The number of thiophene rings is 1. The van der Waals surface area contributed by atoms with E-state index in [0.717, 1.165) is 49.6 Å². The van der Waals surface area contributed by atoms with Gasteiger partial charge in [-0.2, -0.15) is 0 Å². The SMILES string of the molecule is COc1ccc(CNC(=O)C2Cn3ccnc3C3(CCN(Cc4cccs4)CC3)O2)cc1. The molecule has 2 aliphatic heterocycles. The number of hydrogen-bond donors (Lipinski definition) is 1. The number of imidazole rings is 1. The third kappa shape index (κ3) is 4.30. The number of piperidine rings is 1. The van der Waals surface area contributed by atoms with Gasteiger partial charge in [0.25, 0.3) is 5.91 Å². The Bertz CT molecular complexity index is 1040. The summed E-state index contributed by atoms with van der Waals surface area (Å²) in [6, 6.07) is 12.0. The fraction of sp³-hybridized carbons (Fsp3) is 0.417. The lowest BCUT2D eigenvalue weighted by molar-refractivity contribution is -0.174. The van der Waals surface area contributed by atoms with Crippen LogP contribution < -0.4 is 10.1 Å². The number of benzene rings is 1. The Morgan fingerprint density at radius 2 is 2.09 bits per heavy atom. The zero-order valence-electron chi connectivity index (χ0n) is 18.2. The predicted molar refractivity (Wildman–Crippen MR) is 122 cm³/mol. The zero-order chi connectivity index (χ0) is 22.0. The summed E-state index contributed by atoms with van der Waals surface area (Å²) in [5.41, 5.74) is 0.519. The molecule has 0 aliphatic carbocycles. The fourth-order valence-corrected chi connectivity index (χ4v) is 5.36. The highest BCUT2D eigenvalue weighted by Crippen LogP contribution is 2.40. The van der Waals surface area contributed by atoms with Crippen LogP contribution in [0.15, 0.2) is 54.2 Å². The molecule has 1 aromatic carbocycles. The molecule has 5 rings (SSSR count). The van der Waals surface area contributed by atoms with E-state index in [1.807, 2.05) is 36.7 Å². The molecule has 1 atom stereocenters. The maximum Gasteiger partial charge on any atom is 0.251 e. The number of ether oxygens (including phenoxy) is 2. The molecular formula is C24H28N4O3S. The number of hydrogen-bond acceptors (Lipinski definition) is 6. The summed E-state index contributed by atoms with van der Waals surface area (Å²) in [5.74, 6) is 1.67. The first-order valence-electron chi connectivity index (χ1n) is 11.0. The van der Waals surface area contributed by atoms with Gasteiger partial charge in [-0.3, -0.25) is 9.69 Å². The molecule has 1 saturated heterocycles. The maximum absolute atomic E-state index is 13.0. The molecule has 0 saturated carbocycles. The third-order valence-corrected chi connectivity index (χ3v) is 7.26. The van der Waals surface area contributed by atoms with E-state index < -0.39 is 11.7 Å². The van der Waals surface area contributed by atoms with E-state index in [0.29, 0.717) is 13.1 Å². The number of methoxy groups -OCH3 is 1. The van der Waals surface area contributed by atoms with Crippen LogP contribution in [0, 0.1) is 0 Å². The van der Waals surface area contributed by atoms with Crippen molar-refractivity contribution in [2.24, 2.45) is 0 Å². The second-order valence-electron chi connectivity index (χ2n) is 8.43. The molecule has 168 valence electrons. The van der Waals surface area contributed by atoms with Crippen molar-refractivity contribution < 1.29 is 14.3 Å². The highest BCUT2D eigenvalue weighted by molar-refractivity contribution is 7.09. The molecule has 1 N–H and O–H groups in total.